The molecule has 0 aliphatic carbocycles. The van der Waals surface area contributed by atoms with Crippen LogP contribution >= 0.6 is 15.9 Å². The normalized spacial score (nSPS) is 17.0. The molecule has 2 aliphatic heterocycles. The zero-order chi connectivity index (χ0) is 18.3. The Morgan fingerprint density at radius 1 is 1.12 bits per heavy atom. The third-order valence-corrected chi connectivity index (χ3v) is 4.43. The molecule has 9 heteroatoms. The molecule has 1 saturated heterocycles. The Bertz CT molecular complexity index is 971. The van der Waals surface area contributed by atoms with Crippen molar-refractivity contribution in [3.8, 4) is 11.5 Å². The maximum Gasteiger partial charge on any atom is 0.282 e. The quantitative estimate of drug-likeness (QED) is 0.471. The average Bonchev–Trinajstić information content (AvgIpc) is 3.20. The van der Waals surface area contributed by atoms with Crippen molar-refractivity contribution in [2.45, 2.75) is 0 Å². The van der Waals surface area contributed by atoms with Gasteiger partial charge in [-0.1, -0.05) is 15.9 Å². The minimum atomic E-state index is -0.576. The zero-order valence-corrected chi connectivity index (χ0v) is 14.6. The van der Waals surface area contributed by atoms with E-state index in [1.807, 2.05) is 0 Å². The van der Waals surface area contributed by atoms with E-state index >= 15 is 0 Å². The third-order valence-electron chi connectivity index (χ3n) is 3.90. The second-order valence-electron chi connectivity index (χ2n) is 5.47. The number of amides is 2. The molecule has 0 bridgehead atoms. The van der Waals surface area contributed by atoms with Gasteiger partial charge in [-0.3, -0.25) is 15.0 Å². The fourth-order valence-electron chi connectivity index (χ4n) is 2.63. The van der Waals surface area contributed by atoms with Crippen molar-refractivity contribution in [2.75, 3.05) is 11.8 Å². The van der Waals surface area contributed by atoms with Crippen LogP contribution in [0.5, 0.6) is 11.5 Å². The molecule has 1 fully saturated rings. The molecule has 0 aromatic heterocycles. The molecule has 0 spiro atoms. The molecule has 8 nitrogen and oxygen atoms in total. The lowest BCUT2D eigenvalue weighted by atomic mass is 10.1. The van der Waals surface area contributed by atoms with E-state index in [0.29, 0.717) is 22.7 Å². The van der Waals surface area contributed by atoms with Gasteiger partial charge in [0, 0.05) is 16.1 Å². The van der Waals surface area contributed by atoms with Gasteiger partial charge in [-0.2, -0.15) is 0 Å². The predicted molar refractivity (Wildman–Crippen MR) is 95.8 cm³/mol. The number of ether oxygens (including phenoxy) is 2. The van der Waals surface area contributed by atoms with Gasteiger partial charge in [-0.15, -0.1) is 4.91 Å². The second-order valence-corrected chi connectivity index (χ2v) is 6.39. The Morgan fingerprint density at radius 2 is 1.81 bits per heavy atom. The first-order chi connectivity index (χ1) is 12.6. The van der Waals surface area contributed by atoms with Gasteiger partial charge in [0.15, 0.2) is 11.5 Å². The van der Waals surface area contributed by atoms with E-state index in [1.165, 1.54) is 18.2 Å². The lowest BCUT2D eigenvalue weighted by Gasteiger charge is -2.14. The molecule has 2 amide bonds. The number of rotatable bonds is 3. The monoisotopic (exact) mass is 415 g/mol. The SMILES string of the molecule is O=Nc1cc2c(cc1/C=C1\C(=O)NN(c3ccc(Br)cc3)C1=O)OCO2. The summed E-state index contributed by atoms with van der Waals surface area (Å²) in [6.07, 6.45) is 1.31. The first-order valence-electron chi connectivity index (χ1n) is 7.46. The van der Waals surface area contributed by atoms with Gasteiger partial charge in [0.25, 0.3) is 11.8 Å². The summed E-state index contributed by atoms with van der Waals surface area (Å²) in [5.74, 6) is -0.306. The number of nitrogens with zero attached hydrogens (tertiary/aromatic N) is 2. The minimum absolute atomic E-state index is 0.0322. The van der Waals surface area contributed by atoms with Crippen LogP contribution in [0.15, 0.2) is 51.6 Å². The molecule has 26 heavy (non-hydrogen) atoms. The number of nitroso groups, excluding NO2 is 1. The number of carbonyl (C=O) groups is 2. The Hall–Kier alpha value is -3.20. The largest absolute Gasteiger partial charge is 0.454 e. The van der Waals surface area contributed by atoms with Crippen molar-refractivity contribution in [3.63, 3.8) is 0 Å². The fourth-order valence-corrected chi connectivity index (χ4v) is 2.89. The van der Waals surface area contributed by atoms with Crippen LogP contribution in [0.1, 0.15) is 5.56 Å². The molecule has 0 radical (unpaired) electrons. The maximum absolute atomic E-state index is 12.6. The van der Waals surface area contributed by atoms with Crippen molar-refractivity contribution in [2.24, 2.45) is 5.18 Å². The molecule has 2 aromatic carbocycles. The Kier molecular flexibility index (Phi) is 3.92. The van der Waals surface area contributed by atoms with Crippen LogP contribution in [0.25, 0.3) is 6.08 Å². The highest BCUT2D eigenvalue weighted by Gasteiger charge is 2.34. The Balaban J connectivity index is 1.72. The van der Waals surface area contributed by atoms with Crippen LogP contribution in [-0.2, 0) is 9.59 Å². The molecular weight excluding hydrogens is 406 g/mol. The van der Waals surface area contributed by atoms with E-state index in [9.17, 15) is 14.5 Å². The minimum Gasteiger partial charge on any atom is -0.454 e. The summed E-state index contributed by atoms with van der Waals surface area (Å²) in [6, 6.07) is 9.79. The van der Waals surface area contributed by atoms with Crippen LogP contribution in [0.4, 0.5) is 11.4 Å². The van der Waals surface area contributed by atoms with Crippen molar-refractivity contribution >= 4 is 45.2 Å². The van der Waals surface area contributed by atoms with Crippen molar-refractivity contribution in [1.82, 2.24) is 5.43 Å². The predicted octanol–water partition coefficient (Wildman–Crippen LogP) is 3.04. The highest BCUT2D eigenvalue weighted by atomic mass is 79.9. The number of halogens is 1. The number of hydrogen-bond acceptors (Lipinski definition) is 6. The first kappa shape index (κ1) is 16.3. The Morgan fingerprint density at radius 3 is 2.50 bits per heavy atom. The van der Waals surface area contributed by atoms with Crippen LogP contribution < -0.4 is 19.9 Å². The fraction of sp³-hybridized carbons (Fsp3) is 0.0588. The van der Waals surface area contributed by atoms with Gasteiger partial charge < -0.3 is 9.47 Å². The van der Waals surface area contributed by atoms with E-state index in [1.54, 1.807) is 24.3 Å². The summed E-state index contributed by atoms with van der Waals surface area (Å²) in [5, 5.41) is 4.08. The summed E-state index contributed by atoms with van der Waals surface area (Å²) in [5.41, 5.74) is 3.23. The maximum atomic E-state index is 12.6. The van der Waals surface area contributed by atoms with Gasteiger partial charge in [-0.25, -0.2) is 5.01 Å². The number of hydrazine groups is 1. The molecule has 130 valence electrons. The number of benzene rings is 2. The number of carbonyl (C=O) groups excluding carboxylic acids is 2. The summed E-state index contributed by atoms with van der Waals surface area (Å²) in [7, 11) is 0. The first-order valence-corrected chi connectivity index (χ1v) is 8.26. The summed E-state index contributed by atoms with van der Waals surface area (Å²) in [4.78, 5) is 36.0. The van der Waals surface area contributed by atoms with Crippen molar-refractivity contribution in [1.29, 1.82) is 0 Å². The standard InChI is InChI=1S/C17H10BrN3O5/c18-10-1-3-11(4-2-10)21-17(23)12(16(22)19-21)5-9-6-14-15(26-8-25-14)7-13(9)20-24/h1-7H,8H2,(H,19,22)/b12-5+. The van der Waals surface area contributed by atoms with E-state index in [0.717, 1.165) is 9.48 Å². The molecular formula is C17H10BrN3O5. The van der Waals surface area contributed by atoms with Crippen molar-refractivity contribution < 1.29 is 19.1 Å². The highest BCUT2D eigenvalue weighted by molar-refractivity contribution is 9.10. The number of fused-ring (bicyclic) bond motifs is 1. The lowest BCUT2D eigenvalue weighted by Crippen LogP contribution is -2.35. The van der Waals surface area contributed by atoms with Gasteiger partial charge in [-0.05, 0) is 41.6 Å². The third kappa shape index (κ3) is 2.72. The van der Waals surface area contributed by atoms with E-state index in [2.05, 4.69) is 26.5 Å². The average molecular weight is 416 g/mol. The van der Waals surface area contributed by atoms with Gasteiger partial charge >= 0.3 is 0 Å². The molecule has 0 unspecified atom stereocenters. The molecule has 0 saturated carbocycles. The summed E-state index contributed by atoms with van der Waals surface area (Å²) < 4.78 is 11.3. The van der Waals surface area contributed by atoms with E-state index < -0.39 is 11.8 Å². The van der Waals surface area contributed by atoms with Gasteiger partial charge in [0.1, 0.15) is 11.3 Å². The van der Waals surface area contributed by atoms with E-state index in [-0.39, 0.29) is 18.1 Å². The zero-order valence-electron chi connectivity index (χ0n) is 13.1. The topological polar surface area (TPSA) is 97.3 Å². The molecule has 2 aliphatic rings. The molecule has 4 rings (SSSR count). The molecule has 1 N–H and O–H groups in total. The number of hydrogen-bond donors (Lipinski definition) is 1. The van der Waals surface area contributed by atoms with Gasteiger partial charge in [0.2, 0.25) is 6.79 Å². The van der Waals surface area contributed by atoms with E-state index in [4.69, 9.17) is 9.47 Å². The van der Waals surface area contributed by atoms with Crippen LogP contribution in [0.3, 0.4) is 0 Å². The summed E-state index contributed by atoms with van der Waals surface area (Å²) in [6.45, 7) is 0.0322. The molecule has 2 heterocycles. The van der Waals surface area contributed by atoms with Crippen LogP contribution in [0.2, 0.25) is 0 Å². The molecule has 2 aromatic rings. The van der Waals surface area contributed by atoms with Crippen LogP contribution in [0, 0.1) is 4.91 Å². The number of nitrogens with one attached hydrogen (secondary N) is 1. The summed E-state index contributed by atoms with van der Waals surface area (Å²) >= 11 is 3.31. The smallest absolute Gasteiger partial charge is 0.282 e. The lowest BCUT2D eigenvalue weighted by molar-refractivity contribution is -0.117. The molecule has 0 atom stereocenters. The Labute approximate surface area is 155 Å². The van der Waals surface area contributed by atoms with Crippen LogP contribution in [-0.4, -0.2) is 18.6 Å². The van der Waals surface area contributed by atoms with Crippen molar-refractivity contribution in [3.05, 3.63) is 56.9 Å². The second kappa shape index (κ2) is 6.26. The highest BCUT2D eigenvalue weighted by Crippen LogP contribution is 2.39. The van der Waals surface area contributed by atoms with Gasteiger partial charge in [0.05, 0.1) is 5.69 Å². The number of anilines is 1.